The van der Waals surface area contributed by atoms with Crippen LogP contribution >= 0.6 is 11.6 Å². The summed E-state index contributed by atoms with van der Waals surface area (Å²) >= 11 is 6.57. The molecule has 2 bridgehead atoms. The predicted octanol–water partition coefficient (Wildman–Crippen LogP) is 4.14. The highest BCUT2D eigenvalue weighted by atomic mass is 35.5. The van der Waals surface area contributed by atoms with Crippen LogP contribution in [0, 0.1) is 5.82 Å². The fraction of sp³-hybridized carbons (Fsp3) is 0.414. The second-order valence-corrected chi connectivity index (χ2v) is 11.6. The maximum atomic E-state index is 16.9. The Labute approximate surface area is 230 Å². The first-order chi connectivity index (χ1) is 18.9. The third kappa shape index (κ3) is 4.15. The average molecular weight is 549 g/mol. The average Bonchev–Trinajstić information content (AvgIpc) is 3.48. The highest BCUT2D eigenvalue weighted by Gasteiger charge is 2.35. The molecule has 2 unspecified atom stereocenters. The van der Waals surface area contributed by atoms with E-state index in [4.69, 9.17) is 11.6 Å². The molecule has 7 rings (SSSR count). The van der Waals surface area contributed by atoms with Crippen molar-refractivity contribution in [3.8, 4) is 17.0 Å². The van der Waals surface area contributed by atoms with E-state index in [1.54, 1.807) is 24.4 Å². The number of hydrogen-bond donors (Lipinski definition) is 2. The fourth-order valence-corrected chi connectivity index (χ4v) is 7.04. The molecule has 3 aliphatic rings. The van der Waals surface area contributed by atoms with Crippen molar-refractivity contribution >= 4 is 39.1 Å². The molecule has 3 fully saturated rings. The summed E-state index contributed by atoms with van der Waals surface area (Å²) in [5.41, 5.74) is 0.163. The molecule has 0 amide bonds. The number of aromatic nitrogens is 3. The Hall–Kier alpha value is -3.27. The Morgan fingerprint density at radius 3 is 2.72 bits per heavy atom. The van der Waals surface area contributed by atoms with Gasteiger partial charge in [0.25, 0.3) is 0 Å². The van der Waals surface area contributed by atoms with E-state index in [9.17, 15) is 9.90 Å². The quantitative estimate of drug-likeness (QED) is 0.396. The molecule has 5 heterocycles. The zero-order valence-corrected chi connectivity index (χ0v) is 22.5. The fourth-order valence-electron chi connectivity index (χ4n) is 6.75. The van der Waals surface area contributed by atoms with Crippen LogP contribution in [0.15, 0.2) is 41.3 Å². The number of pyridine rings is 1. The Balaban J connectivity index is 1.47. The molecule has 8 nitrogen and oxygen atoms in total. The van der Waals surface area contributed by atoms with Gasteiger partial charge in [0.15, 0.2) is 5.82 Å². The topological polar surface area (TPSA) is 86.5 Å². The number of fused-ring (bicyclic) bond motifs is 4. The van der Waals surface area contributed by atoms with E-state index < -0.39 is 11.5 Å². The number of likely N-dealkylation sites (N-methyl/N-ethyl adjacent to an activating group) is 1. The highest BCUT2D eigenvalue weighted by Crippen LogP contribution is 2.39. The van der Waals surface area contributed by atoms with Crippen molar-refractivity contribution in [1.82, 2.24) is 24.8 Å². The number of hydrogen-bond acceptors (Lipinski definition) is 7. The Bertz CT molecular complexity index is 1660. The first kappa shape index (κ1) is 24.7. The van der Waals surface area contributed by atoms with E-state index in [-0.39, 0.29) is 23.0 Å². The molecule has 0 radical (unpaired) electrons. The summed E-state index contributed by atoms with van der Waals surface area (Å²) in [6.45, 7) is 2.70. The molecule has 0 spiro atoms. The minimum Gasteiger partial charge on any atom is -0.508 e. The minimum atomic E-state index is -0.612. The van der Waals surface area contributed by atoms with Crippen LogP contribution in [0.1, 0.15) is 25.7 Å². The molecule has 39 heavy (non-hydrogen) atoms. The predicted molar refractivity (Wildman–Crippen MR) is 151 cm³/mol. The van der Waals surface area contributed by atoms with Crippen LogP contribution in [-0.2, 0) is 6.54 Å². The highest BCUT2D eigenvalue weighted by molar-refractivity contribution is 6.36. The number of piperazine rings is 1. The molecule has 0 saturated carbocycles. The van der Waals surface area contributed by atoms with Crippen molar-refractivity contribution < 1.29 is 9.50 Å². The van der Waals surface area contributed by atoms with Gasteiger partial charge in [0.1, 0.15) is 17.3 Å². The largest absolute Gasteiger partial charge is 0.508 e. The van der Waals surface area contributed by atoms with Crippen LogP contribution in [0.5, 0.6) is 5.75 Å². The van der Waals surface area contributed by atoms with Gasteiger partial charge in [-0.3, -0.25) is 9.55 Å². The lowest BCUT2D eigenvalue weighted by Crippen LogP contribution is -2.52. The van der Waals surface area contributed by atoms with Crippen molar-refractivity contribution in [2.75, 3.05) is 31.6 Å². The van der Waals surface area contributed by atoms with Crippen LogP contribution in [0.25, 0.3) is 32.9 Å². The van der Waals surface area contributed by atoms with Gasteiger partial charge in [-0.2, -0.15) is 4.98 Å². The van der Waals surface area contributed by atoms with Crippen LogP contribution < -0.4 is 15.9 Å². The van der Waals surface area contributed by atoms with Gasteiger partial charge in [-0.25, -0.2) is 9.18 Å². The van der Waals surface area contributed by atoms with Crippen LogP contribution in [-0.4, -0.2) is 69.3 Å². The lowest BCUT2D eigenvalue weighted by molar-refractivity contribution is 0.281. The lowest BCUT2D eigenvalue weighted by Gasteiger charge is -2.34. The number of phenols is 1. The summed E-state index contributed by atoms with van der Waals surface area (Å²) in [5, 5.41) is 16.3. The standard InChI is InChI=1S/C29H30ClFN6O2/c1-35-9-3-5-19(35)15-37-27-22(28(34-29(37)39)36-13-17-7-8-18(14-36)33-17)12-32-26(25(27)31)21-11-20(38)10-16-4-2-6-23(30)24(16)21/h2,4,6,10-12,17-19,33,38H,3,5,7-9,13-15H2,1H3/t17?,18?,19-/m0/s1. The van der Waals surface area contributed by atoms with E-state index >= 15 is 4.39 Å². The SMILES string of the molecule is CN1CCC[C@H]1Cn1c(=O)nc(N2CC3CCC(C2)N3)c2cnc(-c3cc(O)cc4cccc(Cl)c34)c(F)c21. The molecule has 10 heteroatoms. The first-order valence-electron chi connectivity index (χ1n) is 13.6. The number of halogens is 2. The maximum absolute atomic E-state index is 16.9. The summed E-state index contributed by atoms with van der Waals surface area (Å²) in [6, 6.07) is 9.17. The van der Waals surface area contributed by atoms with Crippen molar-refractivity contribution in [2.24, 2.45) is 0 Å². The van der Waals surface area contributed by atoms with E-state index in [1.165, 1.54) is 10.6 Å². The van der Waals surface area contributed by atoms with Gasteiger partial charge in [-0.05, 0) is 62.9 Å². The van der Waals surface area contributed by atoms with Crippen molar-refractivity contribution in [3.63, 3.8) is 0 Å². The second-order valence-electron chi connectivity index (χ2n) is 11.2. The number of nitrogens with one attached hydrogen (secondary N) is 1. The number of phenolic OH excluding ortho intramolecular Hbond substituents is 1. The van der Waals surface area contributed by atoms with Gasteiger partial charge in [-0.15, -0.1) is 0 Å². The number of rotatable bonds is 4. The molecule has 3 saturated heterocycles. The molecule has 3 atom stereocenters. The molecule has 4 aromatic rings. The summed E-state index contributed by atoms with van der Waals surface area (Å²) in [7, 11) is 2.04. The minimum absolute atomic E-state index is 0.0160. The molecule has 0 aliphatic carbocycles. The van der Waals surface area contributed by atoms with E-state index in [2.05, 4.69) is 25.1 Å². The Kier molecular flexibility index (Phi) is 5.98. The molecular formula is C29H30ClFN6O2. The molecule has 202 valence electrons. The first-order valence-corrected chi connectivity index (χ1v) is 14.0. The summed E-state index contributed by atoms with van der Waals surface area (Å²) < 4.78 is 18.3. The molecule has 2 aromatic heterocycles. The van der Waals surface area contributed by atoms with E-state index in [0.29, 0.717) is 64.3 Å². The third-order valence-electron chi connectivity index (χ3n) is 8.68. The van der Waals surface area contributed by atoms with E-state index in [0.717, 1.165) is 32.2 Å². The van der Waals surface area contributed by atoms with Crippen LogP contribution in [0.3, 0.4) is 0 Å². The van der Waals surface area contributed by atoms with Gasteiger partial charge in [0.05, 0.1) is 10.9 Å². The number of nitrogens with zero attached hydrogens (tertiary/aromatic N) is 5. The number of anilines is 1. The molecular weight excluding hydrogens is 519 g/mol. The van der Waals surface area contributed by atoms with Gasteiger partial charge < -0.3 is 20.2 Å². The Morgan fingerprint density at radius 1 is 1.18 bits per heavy atom. The lowest BCUT2D eigenvalue weighted by atomic mass is 10.00. The number of benzene rings is 2. The summed E-state index contributed by atoms with van der Waals surface area (Å²) in [6.07, 6.45) is 5.74. The maximum Gasteiger partial charge on any atom is 0.350 e. The van der Waals surface area contributed by atoms with Crippen molar-refractivity contribution in [1.29, 1.82) is 0 Å². The van der Waals surface area contributed by atoms with Crippen molar-refractivity contribution in [2.45, 2.75) is 50.4 Å². The normalized spacial score (nSPS) is 23.4. The number of likely N-dealkylation sites (tertiary alicyclic amines) is 1. The van der Waals surface area contributed by atoms with Crippen molar-refractivity contribution in [3.05, 3.63) is 57.9 Å². The van der Waals surface area contributed by atoms with E-state index in [1.807, 2.05) is 13.1 Å². The molecule has 3 aliphatic heterocycles. The van der Waals surface area contributed by atoms with Gasteiger partial charge in [0, 0.05) is 59.9 Å². The van der Waals surface area contributed by atoms with Gasteiger partial charge in [0.2, 0.25) is 0 Å². The summed E-state index contributed by atoms with van der Waals surface area (Å²) in [5.74, 6) is -0.141. The van der Waals surface area contributed by atoms with Crippen LogP contribution in [0.2, 0.25) is 5.02 Å². The molecule has 2 aromatic carbocycles. The van der Waals surface area contributed by atoms with Gasteiger partial charge in [-0.1, -0.05) is 23.7 Å². The monoisotopic (exact) mass is 548 g/mol. The van der Waals surface area contributed by atoms with Gasteiger partial charge >= 0.3 is 5.69 Å². The zero-order chi connectivity index (χ0) is 26.8. The summed E-state index contributed by atoms with van der Waals surface area (Å²) in [4.78, 5) is 27.1. The zero-order valence-electron chi connectivity index (χ0n) is 21.7. The second kappa shape index (κ2) is 9.43. The smallest absolute Gasteiger partial charge is 0.350 e. The van der Waals surface area contributed by atoms with Crippen LogP contribution in [0.4, 0.5) is 10.2 Å². The molecule has 2 N–H and O–H groups in total. The number of aromatic hydroxyl groups is 1. The Morgan fingerprint density at radius 2 is 1.97 bits per heavy atom. The third-order valence-corrected chi connectivity index (χ3v) is 9.00.